The number of hydrazine groups is 1. The van der Waals surface area contributed by atoms with Crippen molar-refractivity contribution in [2.45, 2.75) is 26.3 Å². The predicted molar refractivity (Wildman–Crippen MR) is 123 cm³/mol. The third-order valence-electron chi connectivity index (χ3n) is 3.30. The van der Waals surface area contributed by atoms with Crippen molar-refractivity contribution in [2.24, 2.45) is 0 Å². The van der Waals surface area contributed by atoms with Crippen molar-refractivity contribution >= 4 is 83.8 Å². The molecule has 0 aliphatic heterocycles. The summed E-state index contributed by atoms with van der Waals surface area (Å²) in [6.07, 6.45) is 0. The molecule has 0 heterocycles. The number of hydrogen-bond donors (Lipinski definition) is 1. The molecule has 0 fully saturated rings. The number of nitrogens with zero attached hydrogens (tertiary/aromatic N) is 1. The van der Waals surface area contributed by atoms with Crippen molar-refractivity contribution in [3.63, 3.8) is 0 Å². The van der Waals surface area contributed by atoms with Crippen LogP contribution in [0.15, 0.2) is 42.5 Å². The molecule has 156 valence electrons. The first-order chi connectivity index (χ1) is 11.6. The van der Waals surface area contributed by atoms with Crippen LogP contribution in [0.4, 0.5) is 0 Å². The Morgan fingerprint density at radius 1 is 0.786 bits per heavy atom. The van der Waals surface area contributed by atoms with Crippen LogP contribution in [0.1, 0.15) is 41.5 Å². The Morgan fingerprint density at radius 3 is 1.68 bits per heavy atom. The quantitative estimate of drug-likeness (QED) is 0.471. The van der Waals surface area contributed by atoms with Crippen molar-refractivity contribution < 1.29 is 9.59 Å². The van der Waals surface area contributed by atoms with Gasteiger partial charge < -0.3 is 0 Å². The molecule has 2 aromatic rings. The lowest BCUT2D eigenvalue weighted by Gasteiger charge is -2.35. The lowest BCUT2D eigenvalue weighted by molar-refractivity contribution is 0.0358. The van der Waals surface area contributed by atoms with Crippen LogP contribution in [-0.2, 0) is 0 Å². The smallest absolute Gasteiger partial charge is 0.267 e. The first kappa shape index (κ1) is 29.3. The van der Waals surface area contributed by atoms with Gasteiger partial charge >= 0.3 is 0 Å². The number of nitrogens with one attached hydrogen (secondary N) is 1. The molecule has 0 bridgehead atoms. The minimum absolute atomic E-state index is 0. The van der Waals surface area contributed by atoms with Gasteiger partial charge in [0.05, 0.1) is 5.54 Å². The van der Waals surface area contributed by atoms with Crippen molar-refractivity contribution in [1.82, 2.24) is 10.4 Å². The molecule has 0 aromatic heterocycles. The molecule has 0 aliphatic carbocycles. The summed E-state index contributed by atoms with van der Waals surface area (Å²) in [5.41, 5.74) is 2.64. The second-order valence-corrected chi connectivity index (χ2v) is 7.73. The summed E-state index contributed by atoms with van der Waals surface area (Å²) >= 11 is 17.8. The Kier molecular flexibility index (Phi) is 12.5. The third-order valence-corrected chi connectivity index (χ3v) is 3.99. The van der Waals surface area contributed by atoms with Gasteiger partial charge in [-0.3, -0.25) is 15.0 Å². The van der Waals surface area contributed by atoms with Gasteiger partial charge in [0, 0.05) is 26.2 Å². The van der Waals surface area contributed by atoms with Gasteiger partial charge in [-0.1, -0.05) is 34.8 Å². The van der Waals surface area contributed by atoms with Crippen LogP contribution >= 0.6 is 72.0 Å². The topological polar surface area (TPSA) is 49.4 Å². The zero-order valence-electron chi connectivity index (χ0n) is 15.2. The number of hydrogen-bond acceptors (Lipinski definition) is 2. The molecule has 0 atom stereocenters. The molecule has 0 saturated heterocycles. The molecule has 0 spiro atoms. The molecular weight excluding hydrogens is 489 g/mol. The van der Waals surface area contributed by atoms with E-state index in [2.05, 4.69) is 5.43 Å². The number of benzene rings is 2. The minimum atomic E-state index is -0.673. The molecule has 2 rings (SSSR count). The monoisotopic (exact) mass is 506 g/mol. The van der Waals surface area contributed by atoms with E-state index in [9.17, 15) is 9.59 Å². The van der Waals surface area contributed by atoms with E-state index < -0.39 is 17.4 Å². The fraction of sp³-hybridized carbons (Fsp3) is 0.222. The van der Waals surface area contributed by atoms with Crippen LogP contribution in [0.5, 0.6) is 0 Å². The first-order valence-electron chi connectivity index (χ1n) is 7.45. The largest absolute Gasteiger partial charge is 0.272 e. The van der Waals surface area contributed by atoms with Crippen LogP contribution in [0.25, 0.3) is 0 Å². The Bertz CT molecular complexity index is 786. The fourth-order valence-corrected chi connectivity index (χ4v) is 2.75. The minimum Gasteiger partial charge on any atom is -0.267 e. The van der Waals surface area contributed by atoms with E-state index in [0.717, 1.165) is 0 Å². The highest BCUT2D eigenvalue weighted by atomic mass is 35.5. The van der Waals surface area contributed by atoms with Gasteiger partial charge in [-0.15, -0.1) is 37.2 Å². The van der Waals surface area contributed by atoms with Gasteiger partial charge in [-0.2, -0.15) is 0 Å². The summed E-state index contributed by atoms with van der Waals surface area (Å²) in [5.74, 6) is -0.840. The summed E-state index contributed by atoms with van der Waals surface area (Å²) in [6, 6.07) is 10.9. The number of carbonyl (C=O) groups excluding carboxylic acids is 2. The highest BCUT2D eigenvalue weighted by Gasteiger charge is 2.30. The molecule has 2 amide bonds. The van der Waals surface area contributed by atoms with Gasteiger partial charge in [0.25, 0.3) is 11.8 Å². The van der Waals surface area contributed by atoms with Crippen molar-refractivity contribution in [1.29, 1.82) is 0 Å². The van der Waals surface area contributed by atoms with E-state index in [4.69, 9.17) is 34.8 Å². The SMILES string of the molecule is CC(C)(C)N(NC(=O)c1ccc(Cl)cc1)C(=O)c1cc(Cl)cc(Cl)c1.Cl.Cl.Cl. The second kappa shape index (κ2) is 12.0. The van der Waals surface area contributed by atoms with E-state index in [1.54, 1.807) is 45.0 Å². The van der Waals surface area contributed by atoms with E-state index >= 15 is 0 Å². The van der Waals surface area contributed by atoms with Gasteiger partial charge in [0.1, 0.15) is 0 Å². The molecule has 0 saturated carbocycles. The summed E-state index contributed by atoms with van der Waals surface area (Å²) in [6.45, 7) is 5.41. The van der Waals surface area contributed by atoms with E-state index in [1.807, 2.05) is 0 Å². The molecule has 0 radical (unpaired) electrons. The van der Waals surface area contributed by atoms with Gasteiger partial charge in [-0.25, -0.2) is 5.01 Å². The summed E-state index contributed by atoms with van der Waals surface area (Å²) in [4.78, 5) is 25.4. The highest BCUT2D eigenvalue weighted by Crippen LogP contribution is 2.22. The van der Waals surface area contributed by atoms with Crippen molar-refractivity contribution in [3.05, 3.63) is 68.7 Å². The van der Waals surface area contributed by atoms with Crippen LogP contribution in [0.3, 0.4) is 0 Å². The lowest BCUT2D eigenvalue weighted by Crippen LogP contribution is -2.55. The maximum absolute atomic E-state index is 12.9. The molecule has 4 nitrogen and oxygen atoms in total. The fourth-order valence-electron chi connectivity index (χ4n) is 2.10. The number of amides is 2. The average molecular weight is 509 g/mol. The first-order valence-corrected chi connectivity index (χ1v) is 8.58. The molecule has 10 heteroatoms. The van der Waals surface area contributed by atoms with Crippen molar-refractivity contribution in [3.8, 4) is 0 Å². The Morgan fingerprint density at radius 2 is 1.25 bits per heavy atom. The van der Waals surface area contributed by atoms with Gasteiger partial charge in [0.2, 0.25) is 0 Å². The van der Waals surface area contributed by atoms with Crippen LogP contribution in [0, 0.1) is 0 Å². The zero-order chi connectivity index (χ0) is 18.8. The summed E-state index contributed by atoms with van der Waals surface area (Å²) in [7, 11) is 0. The average Bonchev–Trinajstić information content (AvgIpc) is 2.50. The molecule has 1 N–H and O–H groups in total. The standard InChI is InChI=1S/C18H17Cl3N2O2.3ClH/c1-18(2,3)23(17(25)12-8-14(20)10-15(21)9-12)22-16(24)11-4-6-13(19)7-5-11;;;/h4-10H,1-3H3,(H,22,24);3*1H. The Balaban J connectivity index is 0. The van der Waals surface area contributed by atoms with E-state index in [0.29, 0.717) is 20.6 Å². The lowest BCUT2D eigenvalue weighted by atomic mass is 10.1. The normalized spacial score (nSPS) is 9.93. The van der Waals surface area contributed by atoms with E-state index in [-0.39, 0.29) is 42.8 Å². The van der Waals surface area contributed by atoms with Gasteiger partial charge in [-0.05, 0) is 63.2 Å². The second-order valence-electron chi connectivity index (χ2n) is 6.42. The van der Waals surface area contributed by atoms with E-state index in [1.165, 1.54) is 23.2 Å². The number of rotatable bonds is 2. The van der Waals surface area contributed by atoms with Crippen LogP contribution in [0.2, 0.25) is 15.1 Å². The molecule has 2 aromatic carbocycles. The molecule has 0 aliphatic rings. The van der Waals surface area contributed by atoms with Crippen LogP contribution < -0.4 is 5.43 Å². The molecule has 28 heavy (non-hydrogen) atoms. The summed E-state index contributed by atoms with van der Waals surface area (Å²) in [5, 5.41) is 2.46. The zero-order valence-corrected chi connectivity index (χ0v) is 19.9. The van der Waals surface area contributed by atoms with Crippen LogP contribution in [-0.4, -0.2) is 22.4 Å². The Hall–Kier alpha value is -0.880. The highest BCUT2D eigenvalue weighted by molar-refractivity contribution is 6.35. The predicted octanol–water partition coefficient (Wildman–Crippen LogP) is 6.50. The van der Waals surface area contributed by atoms with Crippen molar-refractivity contribution in [2.75, 3.05) is 0 Å². The Labute approximate surface area is 198 Å². The molecule has 0 unspecified atom stereocenters. The van der Waals surface area contributed by atoms with Gasteiger partial charge in [0.15, 0.2) is 0 Å². The maximum Gasteiger partial charge on any atom is 0.272 e. The number of carbonyl (C=O) groups is 2. The third kappa shape index (κ3) is 7.86. The number of halogens is 6. The maximum atomic E-state index is 12.9. The molecular formula is C18H20Cl6N2O2. The summed E-state index contributed by atoms with van der Waals surface area (Å²) < 4.78 is 0.